The molecule has 21 heavy (non-hydrogen) atoms. The van der Waals surface area contributed by atoms with Crippen molar-refractivity contribution in [3.05, 3.63) is 35.4 Å². The van der Waals surface area contributed by atoms with Crippen LogP contribution in [0.5, 0.6) is 0 Å². The first kappa shape index (κ1) is 14.4. The highest BCUT2D eigenvalue weighted by Gasteiger charge is 2.47. The quantitative estimate of drug-likeness (QED) is 0.858. The number of nitrogens with zero attached hydrogens (tertiary/aromatic N) is 1. The predicted molar refractivity (Wildman–Crippen MR) is 73.8 cm³/mol. The fourth-order valence-corrected chi connectivity index (χ4v) is 3.24. The molecular formula is C16H19F2NO2. The molecule has 0 bridgehead atoms. The number of halogens is 2. The maximum Gasteiger partial charge on any atom is 0.223 e. The zero-order valence-corrected chi connectivity index (χ0v) is 12.1. The second-order valence-electron chi connectivity index (χ2n) is 6.32. The molecule has 1 atom stereocenters. The van der Waals surface area contributed by atoms with Crippen LogP contribution in [-0.2, 0) is 9.53 Å². The van der Waals surface area contributed by atoms with Crippen molar-refractivity contribution in [2.45, 2.75) is 25.7 Å². The molecule has 0 saturated carbocycles. The Hall–Kier alpha value is -1.49. The van der Waals surface area contributed by atoms with Crippen LogP contribution in [0.3, 0.4) is 0 Å². The highest BCUT2D eigenvalue weighted by atomic mass is 19.1. The molecule has 1 aromatic carbocycles. The highest BCUT2D eigenvalue weighted by molar-refractivity contribution is 5.78. The van der Waals surface area contributed by atoms with Gasteiger partial charge in [-0.3, -0.25) is 4.79 Å². The zero-order valence-electron chi connectivity index (χ0n) is 12.1. The second-order valence-corrected chi connectivity index (χ2v) is 6.32. The second kappa shape index (κ2) is 5.37. The van der Waals surface area contributed by atoms with Crippen LogP contribution in [0.1, 0.15) is 31.2 Å². The lowest BCUT2D eigenvalue weighted by atomic mass is 9.79. The van der Waals surface area contributed by atoms with Crippen molar-refractivity contribution in [3.63, 3.8) is 0 Å². The van der Waals surface area contributed by atoms with Crippen molar-refractivity contribution in [2.24, 2.45) is 5.41 Å². The van der Waals surface area contributed by atoms with E-state index in [0.717, 1.165) is 38.8 Å². The Morgan fingerprint density at radius 3 is 2.81 bits per heavy atom. The van der Waals surface area contributed by atoms with Gasteiger partial charge < -0.3 is 9.64 Å². The molecule has 2 aliphatic heterocycles. The average Bonchev–Trinajstić information content (AvgIpc) is 2.85. The molecule has 0 aliphatic carbocycles. The van der Waals surface area contributed by atoms with E-state index in [0.29, 0.717) is 5.56 Å². The first-order valence-corrected chi connectivity index (χ1v) is 7.30. The SMILES string of the molecule is CC(CC(=O)N1CC2(CCOC2)C1)c1ccc(F)cc1F. The van der Waals surface area contributed by atoms with Crippen molar-refractivity contribution in [1.29, 1.82) is 0 Å². The summed E-state index contributed by atoms with van der Waals surface area (Å²) in [5.74, 6) is -1.40. The molecule has 3 rings (SSSR count). The van der Waals surface area contributed by atoms with Crippen molar-refractivity contribution in [3.8, 4) is 0 Å². The summed E-state index contributed by atoms with van der Waals surface area (Å²) in [6.45, 7) is 4.79. The van der Waals surface area contributed by atoms with E-state index in [4.69, 9.17) is 4.74 Å². The van der Waals surface area contributed by atoms with Gasteiger partial charge in [0.2, 0.25) is 5.91 Å². The molecule has 2 saturated heterocycles. The summed E-state index contributed by atoms with van der Waals surface area (Å²) in [5.41, 5.74) is 0.559. The summed E-state index contributed by atoms with van der Waals surface area (Å²) in [6.07, 6.45) is 1.26. The van der Waals surface area contributed by atoms with Crippen molar-refractivity contribution in [1.82, 2.24) is 4.90 Å². The van der Waals surface area contributed by atoms with E-state index in [1.165, 1.54) is 12.1 Å². The normalized spacial score (nSPS) is 21.4. The van der Waals surface area contributed by atoms with Gasteiger partial charge in [0, 0.05) is 37.6 Å². The van der Waals surface area contributed by atoms with Crippen LogP contribution >= 0.6 is 0 Å². The van der Waals surface area contributed by atoms with Gasteiger partial charge in [-0.1, -0.05) is 13.0 Å². The van der Waals surface area contributed by atoms with Crippen LogP contribution in [0.15, 0.2) is 18.2 Å². The number of hydrogen-bond donors (Lipinski definition) is 0. The zero-order chi connectivity index (χ0) is 15.0. The van der Waals surface area contributed by atoms with Crippen molar-refractivity contribution >= 4 is 5.91 Å². The van der Waals surface area contributed by atoms with Gasteiger partial charge in [-0.2, -0.15) is 0 Å². The van der Waals surface area contributed by atoms with Gasteiger partial charge in [-0.15, -0.1) is 0 Å². The molecular weight excluding hydrogens is 276 g/mol. The molecule has 1 unspecified atom stereocenters. The lowest BCUT2D eigenvalue weighted by molar-refractivity contribution is -0.143. The number of likely N-dealkylation sites (tertiary alicyclic amines) is 1. The topological polar surface area (TPSA) is 29.5 Å². The minimum absolute atomic E-state index is 0.0313. The third-order valence-corrected chi connectivity index (χ3v) is 4.56. The van der Waals surface area contributed by atoms with Crippen LogP contribution in [-0.4, -0.2) is 37.1 Å². The van der Waals surface area contributed by atoms with Crippen LogP contribution < -0.4 is 0 Å². The summed E-state index contributed by atoms with van der Waals surface area (Å²) in [7, 11) is 0. The molecule has 1 amide bonds. The predicted octanol–water partition coefficient (Wildman–Crippen LogP) is 2.71. The van der Waals surface area contributed by atoms with E-state index in [2.05, 4.69) is 0 Å². The van der Waals surface area contributed by atoms with E-state index in [1.807, 2.05) is 4.90 Å². The summed E-state index contributed by atoms with van der Waals surface area (Å²) in [4.78, 5) is 14.0. The van der Waals surface area contributed by atoms with Gasteiger partial charge in [-0.05, 0) is 24.0 Å². The monoisotopic (exact) mass is 295 g/mol. The van der Waals surface area contributed by atoms with Crippen LogP contribution in [0.4, 0.5) is 8.78 Å². The molecule has 0 radical (unpaired) electrons. The molecule has 114 valence electrons. The van der Waals surface area contributed by atoms with Gasteiger partial charge in [0.1, 0.15) is 11.6 Å². The van der Waals surface area contributed by atoms with Gasteiger partial charge in [0.15, 0.2) is 0 Å². The van der Waals surface area contributed by atoms with Crippen LogP contribution in [0.2, 0.25) is 0 Å². The first-order valence-electron chi connectivity index (χ1n) is 7.30. The molecule has 1 aromatic rings. The van der Waals surface area contributed by atoms with Gasteiger partial charge >= 0.3 is 0 Å². The molecule has 2 aliphatic rings. The van der Waals surface area contributed by atoms with Crippen LogP contribution in [0, 0.1) is 17.0 Å². The van der Waals surface area contributed by atoms with E-state index in [-0.39, 0.29) is 23.7 Å². The lowest BCUT2D eigenvalue weighted by Crippen LogP contribution is -2.58. The molecule has 5 heteroatoms. The van der Waals surface area contributed by atoms with Crippen LogP contribution in [0.25, 0.3) is 0 Å². The van der Waals surface area contributed by atoms with E-state index in [1.54, 1.807) is 6.92 Å². The molecule has 1 spiro atoms. The number of hydrogen-bond acceptors (Lipinski definition) is 2. The molecule has 0 N–H and O–H groups in total. The number of benzene rings is 1. The van der Waals surface area contributed by atoms with E-state index < -0.39 is 11.6 Å². The van der Waals surface area contributed by atoms with E-state index >= 15 is 0 Å². The summed E-state index contributed by atoms with van der Waals surface area (Å²) in [6, 6.07) is 3.52. The third kappa shape index (κ3) is 2.79. The summed E-state index contributed by atoms with van der Waals surface area (Å²) in [5, 5.41) is 0. The Morgan fingerprint density at radius 2 is 2.19 bits per heavy atom. The number of amides is 1. The minimum atomic E-state index is -0.597. The van der Waals surface area contributed by atoms with Gasteiger partial charge in [0.25, 0.3) is 0 Å². The Labute approximate surface area is 122 Å². The molecule has 2 fully saturated rings. The van der Waals surface area contributed by atoms with Crippen molar-refractivity contribution < 1.29 is 18.3 Å². The maximum atomic E-state index is 13.7. The summed E-state index contributed by atoms with van der Waals surface area (Å²) < 4.78 is 32.0. The Morgan fingerprint density at radius 1 is 1.43 bits per heavy atom. The smallest absolute Gasteiger partial charge is 0.223 e. The standard InChI is InChI=1S/C16H19F2NO2/c1-11(13-3-2-12(17)7-14(13)18)6-15(20)19-8-16(9-19)4-5-21-10-16/h2-3,7,11H,4-6,8-10H2,1H3. The van der Waals surface area contributed by atoms with Gasteiger partial charge in [-0.25, -0.2) is 8.78 Å². The summed E-state index contributed by atoms with van der Waals surface area (Å²) >= 11 is 0. The number of carbonyl (C=O) groups excluding carboxylic acids is 1. The number of rotatable bonds is 3. The molecule has 3 nitrogen and oxygen atoms in total. The van der Waals surface area contributed by atoms with Gasteiger partial charge in [0.05, 0.1) is 6.61 Å². The average molecular weight is 295 g/mol. The fraction of sp³-hybridized carbons (Fsp3) is 0.562. The first-order chi connectivity index (χ1) is 9.99. The van der Waals surface area contributed by atoms with Crippen molar-refractivity contribution in [2.75, 3.05) is 26.3 Å². The number of carbonyl (C=O) groups is 1. The maximum absolute atomic E-state index is 13.7. The molecule has 0 aromatic heterocycles. The largest absolute Gasteiger partial charge is 0.381 e. The fourth-order valence-electron chi connectivity index (χ4n) is 3.24. The van der Waals surface area contributed by atoms with E-state index in [9.17, 15) is 13.6 Å². The lowest BCUT2D eigenvalue weighted by Gasteiger charge is -2.47. The Kier molecular flexibility index (Phi) is 3.69. The Balaban J connectivity index is 1.57. The minimum Gasteiger partial charge on any atom is -0.381 e. The number of ether oxygens (including phenoxy) is 1. The molecule has 2 heterocycles. The highest BCUT2D eigenvalue weighted by Crippen LogP contribution is 2.39. The third-order valence-electron chi connectivity index (χ3n) is 4.56. The Bertz CT molecular complexity index is 547.